The quantitative estimate of drug-likeness (QED) is 0.592. The molecule has 1 unspecified atom stereocenters. The van der Waals surface area contributed by atoms with Crippen LogP contribution in [0.3, 0.4) is 0 Å². The fraction of sp³-hybridized carbons (Fsp3) is 0.750. The van der Waals surface area contributed by atoms with Crippen molar-refractivity contribution >= 4 is 6.09 Å². The highest BCUT2D eigenvalue weighted by molar-refractivity contribution is 5.64. The van der Waals surface area contributed by atoms with Gasteiger partial charge in [-0.15, -0.1) is 0 Å². The molecule has 0 spiro atoms. The molecule has 0 radical (unpaired) electrons. The predicted molar refractivity (Wildman–Crippen MR) is 42.6 cm³/mol. The van der Waals surface area contributed by atoms with Crippen molar-refractivity contribution in [1.29, 1.82) is 5.26 Å². The van der Waals surface area contributed by atoms with Gasteiger partial charge in [-0.25, -0.2) is 4.79 Å². The van der Waals surface area contributed by atoms with Gasteiger partial charge < -0.3 is 10.0 Å². The van der Waals surface area contributed by atoms with Crippen molar-refractivity contribution < 1.29 is 9.90 Å². The molecule has 1 aliphatic rings. The fourth-order valence-electron chi connectivity index (χ4n) is 1.42. The maximum absolute atomic E-state index is 10.5. The van der Waals surface area contributed by atoms with E-state index in [0.29, 0.717) is 19.5 Å². The average Bonchev–Trinajstić information content (AvgIpc) is 2.28. The van der Waals surface area contributed by atoms with Crippen LogP contribution in [0.15, 0.2) is 0 Å². The zero-order chi connectivity index (χ0) is 8.97. The maximum atomic E-state index is 10.5. The molecule has 4 heteroatoms. The summed E-state index contributed by atoms with van der Waals surface area (Å²) in [7, 11) is 0. The van der Waals surface area contributed by atoms with E-state index in [2.05, 4.69) is 6.07 Å². The fourth-order valence-corrected chi connectivity index (χ4v) is 1.42. The van der Waals surface area contributed by atoms with E-state index >= 15 is 0 Å². The molecule has 0 bridgehead atoms. The summed E-state index contributed by atoms with van der Waals surface area (Å²) in [5.74, 6) is 0.0503. The normalized spacial score (nSPS) is 24.2. The Morgan fingerprint density at radius 2 is 2.25 bits per heavy atom. The van der Waals surface area contributed by atoms with Gasteiger partial charge >= 0.3 is 6.09 Å². The van der Waals surface area contributed by atoms with Crippen molar-refractivity contribution in [2.24, 2.45) is 5.92 Å². The van der Waals surface area contributed by atoms with Gasteiger partial charge in [0.15, 0.2) is 0 Å². The number of carbonyl (C=O) groups is 1. The molecule has 1 rings (SSSR count). The van der Waals surface area contributed by atoms with Crippen LogP contribution in [0.5, 0.6) is 0 Å². The van der Waals surface area contributed by atoms with Crippen LogP contribution >= 0.6 is 0 Å². The summed E-state index contributed by atoms with van der Waals surface area (Å²) in [6.45, 7) is 1.08. The lowest BCUT2D eigenvalue weighted by atomic mass is 10.0. The Balaban J connectivity index is 2.45. The first-order valence-corrected chi connectivity index (χ1v) is 4.11. The number of hydrogen-bond donors (Lipinski definition) is 1. The van der Waals surface area contributed by atoms with E-state index in [4.69, 9.17) is 10.4 Å². The molecule has 0 aromatic carbocycles. The van der Waals surface area contributed by atoms with Gasteiger partial charge in [0.25, 0.3) is 0 Å². The number of nitriles is 1. The molecular weight excluding hydrogens is 156 g/mol. The van der Waals surface area contributed by atoms with Crippen molar-refractivity contribution in [3.05, 3.63) is 0 Å². The van der Waals surface area contributed by atoms with Crippen LogP contribution in [-0.2, 0) is 0 Å². The van der Waals surface area contributed by atoms with Gasteiger partial charge in [0.05, 0.1) is 6.07 Å². The Morgan fingerprint density at radius 1 is 1.50 bits per heavy atom. The van der Waals surface area contributed by atoms with E-state index in [9.17, 15) is 4.79 Å². The van der Waals surface area contributed by atoms with Crippen molar-refractivity contribution in [1.82, 2.24) is 4.90 Å². The second kappa shape index (κ2) is 3.96. The lowest BCUT2D eigenvalue weighted by molar-refractivity contribution is 0.147. The Bertz CT molecular complexity index is 210. The Morgan fingerprint density at radius 3 is 2.83 bits per heavy atom. The highest BCUT2D eigenvalue weighted by Crippen LogP contribution is 2.16. The number of nitrogens with zero attached hydrogens (tertiary/aromatic N) is 2. The first-order chi connectivity index (χ1) is 5.74. The minimum atomic E-state index is -0.867. The minimum absolute atomic E-state index is 0.0503. The van der Waals surface area contributed by atoms with Crippen LogP contribution in [0.2, 0.25) is 0 Å². The molecule has 66 valence electrons. The van der Waals surface area contributed by atoms with Crippen LogP contribution < -0.4 is 0 Å². The molecule has 4 nitrogen and oxygen atoms in total. The standard InChI is InChI=1S/C8H12N2O2/c9-6-7-2-1-4-10(5-3-7)8(11)12/h7H,1-5H2,(H,11,12). The molecule has 1 N–H and O–H groups in total. The highest BCUT2D eigenvalue weighted by atomic mass is 16.4. The first-order valence-electron chi connectivity index (χ1n) is 4.11. The Labute approximate surface area is 71.4 Å². The van der Waals surface area contributed by atoms with E-state index in [0.717, 1.165) is 12.8 Å². The van der Waals surface area contributed by atoms with E-state index < -0.39 is 6.09 Å². The van der Waals surface area contributed by atoms with E-state index in [1.54, 1.807) is 0 Å². The van der Waals surface area contributed by atoms with Crippen LogP contribution in [0.1, 0.15) is 19.3 Å². The lowest BCUT2D eigenvalue weighted by Gasteiger charge is -2.14. The third-order valence-electron chi connectivity index (χ3n) is 2.18. The highest BCUT2D eigenvalue weighted by Gasteiger charge is 2.19. The number of rotatable bonds is 0. The molecular formula is C8H12N2O2. The minimum Gasteiger partial charge on any atom is -0.465 e. The summed E-state index contributed by atoms with van der Waals surface area (Å²) in [6, 6.07) is 2.18. The van der Waals surface area contributed by atoms with Gasteiger partial charge in [-0.3, -0.25) is 0 Å². The Hall–Kier alpha value is -1.24. The number of hydrogen-bond acceptors (Lipinski definition) is 2. The molecule has 1 fully saturated rings. The van der Waals surface area contributed by atoms with Gasteiger partial charge in [0.2, 0.25) is 0 Å². The van der Waals surface area contributed by atoms with Crippen LogP contribution in [0, 0.1) is 17.2 Å². The summed E-state index contributed by atoms with van der Waals surface area (Å²) < 4.78 is 0. The molecule has 0 aliphatic carbocycles. The summed E-state index contributed by atoms with van der Waals surface area (Å²) in [5, 5.41) is 17.3. The van der Waals surface area contributed by atoms with Gasteiger partial charge in [-0.1, -0.05) is 0 Å². The van der Waals surface area contributed by atoms with Crippen LogP contribution in [-0.4, -0.2) is 29.2 Å². The van der Waals surface area contributed by atoms with E-state index in [-0.39, 0.29) is 5.92 Å². The van der Waals surface area contributed by atoms with E-state index in [1.165, 1.54) is 4.90 Å². The van der Waals surface area contributed by atoms with Crippen LogP contribution in [0.25, 0.3) is 0 Å². The number of likely N-dealkylation sites (tertiary alicyclic amines) is 1. The smallest absolute Gasteiger partial charge is 0.407 e. The molecule has 1 saturated heterocycles. The maximum Gasteiger partial charge on any atom is 0.407 e. The summed E-state index contributed by atoms with van der Waals surface area (Å²) in [6.07, 6.45) is 1.46. The molecule has 0 aromatic rings. The summed E-state index contributed by atoms with van der Waals surface area (Å²) in [5.41, 5.74) is 0. The van der Waals surface area contributed by atoms with Crippen molar-refractivity contribution in [2.45, 2.75) is 19.3 Å². The number of amides is 1. The van der Waals surface area contributed by atoms with Gasteiger partial charge in [-0.05, 0) is 19.3 Å². The molecule has 1 atom stereocenters. The average molecular weight is 168 g/mol. The van der Waals surface area contributed by atoms with Crippen molar-refractivity contribution in [2.75, 3.05) is 13.1 Å². The second-order valence-electron chi connectivity index (χ2n) is 3.03. The third-order valence-corrected chi connectivity index (χ3v) is 2.18. The molecule has 0 aromatic heterocycles. The Kier molecular flexibility index (Phi) is 2.92. The monoisotopic (exact) mass is 168 g/mol. The lowest BCUT2D eigenvalue weighted by Crippen LogP contribution is -2.30. The van der Waals surface area contributed by atoms with Gasteiger partial charge in [0.1, 0.15) is 0 Å². The second-order valence-corrected chi connectivity index (χ2v) is 3.03. The van der Waals surface area contributed by atoms with E-state index in [1.807, 2.05) is 0 Å². The number of carboxylic acid groups (broad SMARTS) is 1. The first kappa shape index (κ1) is 8.85. The molecule has 1 aliphatic heterocycles. The topological polar surface area (TPSA) is 64.3 Å². The largest absolute Gasteiger partial charge is 0.465 e. The van der Waals surface area contributed by atoms with Crippen LogP contribution in [0.4, 0.5) is 4.79 Å². The van der Waals surface area contributed by atoms with Gasteiger partial charge in [0, 0.05) is 19.0 Å². The zero-order valence-electron chi connectivity index (χ0n) is 6.86. The third kappa shape index (κ3) is 2.12. The summed E-state index contributed by atoms with van der Waals surface area (Å²) >= 11 is 0. The van der Waals surface area contributed by atoms with Crippen molar-refractivity contribution in [3.63, 3.8) is 0 Å². The molecule has 1 heterocycles. The molecule has 1 amide bonds. The summed E-state index contributed by atoms with van der Waals surface area (Å²) in [4.78, 5) is 11.9. The predicted octanol–water partition coefficient (Wildman–Crippen LogP) is 1.29. The zero-order valence-corrected chi connectivity index (χ0v) is 6.86. The van der Waals surface area contributed by atoms with Gasteiger partial charge in [-0.2, -0.15) is 5.26 Å². The molecule has 12 heavy (non-hydrogen) atoms. The molecule has 0 saturated carbocycles. The SMILES string of the molecule is N#CC1CCCN(C(=O)O)CC1. The van der Waals surface area contributed by atoms with Crippen molar-refractivity contribution in [3.8, 4) is 6.07 Å².